The number of aromatic amines is 1. The number of aryl methyl sites for hydroxylation is 1. The SMILES string of the molecule is COc1cccc(Cc2[nH]c3c(c2C)c(=O)oc2ccccc23)c1. The van der Waals surface area contributed by atoms with Crippen molar-refractivity contribution in [1.82, 2.24) is 4.98 Å². The van der Waals surface area contributed by atoms with E-state index in [1.165, 1.54) is 0 Å². The zero-order chi connectivity index (χ0) is 16.7. The number of fused-ring (bicyclic) bond motifs is 3. The summed E-state index contributed by atoms with van der Waals surface area (Å²) in [4.78, 5) is 15.8. The van der Waals surface area contributed by atoms with E-state index in [-0.39, 0.29) is 5.63 Å². The molecule has 2 aromatic heterocycles. The highest BCUT2D eigenvalue weighted by Gasteiger charge is 2.15. The van der Waals surface area contributed by atoms with Gasteiger partial charge in [-0.05, 0) is 42.3 Å². The van der Waals surface area contributed by atoms with Crippen molar-refractivity contribution in [2.75, 3.05) is 7.11 Å². The van der Waals surface area contributed by atoms with Gasteiger partial charge >= 0.3 is 5.63 Å². The third-order valence-corrected chi connectivity index (χ3v) is 4.43. The van der Waals surface area contributed by atoms with Crippen LogP contribution in [0.2, 0.25) is 0 Å². The largest absolute Gasteiger partial charge is 0.497 e. The molecule has 1 N–H and O–H groups in total. The van der Waals surface area contributed by atoms with Crippen molar-refractivity contribution < 1.29 is 9.15 Å². The van der Waals surface area contributed by atoms with Crippen molar-refractivity contribution in [2.45, 2.75) is 13.3 Å². The van der Waals surface area contributed by atoms with E-state index in [1.807, 2.05) is 55.5 Å². The number of H-pyrrole nitrogens is 1. The van der Waals surface area contributed by atoms with Gasteiger partial charge in [0.05, 0.1) is 18.0 Å². The van der Waals surface area contributed by atoms with E-state index in [4.69, 9.17) is 9.15 Å². The number of benzene rings is 2. The summed E-state index contributed by atoms with van der Waals surface area (Å²) in [6, 6.07) is 15.5. The fraction of sp³-hybridized carbons (Fsp3) is 0.150. The summed E-state index contributed by atoms with van der Waals surface area (Å²) in [5.74, 6) is 0.825. The lowest BCUT2D eigenvalue weighted by molar-refractivity contribution is 0.414. The first-order valence-electron chi connectivity index (χ1n) is 7.83. The Balaban J connectivity index is 1.90. The molecular formula is C20H17NO3. The molecule has 2 heterocycles. The fourth-order valence-corrected chi connectivity index (χ4v) is 3.18. The molecule has 0 radical (unpaired) electrons. The summed E-state index contributed by atoms with van der Waals surface area (Å²) in [6.45, 7) is 1.96. The summed E-state index contributed by atoms with van der Waals surface area (Å²) in [5.41, 5.74) is 4.22. The van der Waals surface area contributed by atoms with E-state index in [2.05, 4.69) is 4.98 Å². The standard InChI is InChI=1S/C20H17NO3/c1-12-16(11-13-6-5-7-14(10-13)23-2)21-19-15-8-3-4-9-17(15)24-20(22)18(12)19/h3-10,21H,11H2,1-2H3. The maximum atomic E-state index is 12.4. The van der Waals surface area contributed by atoms with Crippen molar-refractivity contribution in [1.29, 1.82) is 0 Å². The zero-order valence-corrected chi connectivity index (χ0v) is 13.6. The minimum absolute atomic E-state index is 0.297. The highest BCUT2D eigenvalue weighted by Crippen LogP contribution is 2.27. The molecule has 4 aromatic rings. The average Bonchev–Trinajstić information content (AvgIpc) is 2.93. The number of rotatable bonds is 3. The van der Waals surface area contributed by atoms with E-state index in [0.717, 1.165) is 33.5 Å². The minimum Gasteiger partial charge on any atom is -0.497 e. The van der Waals surface area contributed by atoms with Gasteiger partial charge < -0.3 is 14.1 Å². The van der Waals surface area contributed by atoms with Gasteiger partial charge in [-0.15, -0.1) is 0 Å². The van der Waals surface area contributed by atoms with Crippen LogP contribution in [0.4, 0.5) is 0 Å². The maximum Gasteiger partial charge on any atom is 0.346 e. The molecule has 4 heteroatoms. The molecule has 2 aromatic carbocycles. The Bertz CT molecular complexity index is 1100. The highest BCUT2D eigenvalue weighted by molar-refractivity contribution is 6.03. The van der Waals surface area contributed by atoms with Crippen LogP contribution in [0.1, 0.15) is 16.8 Å². The van der Waals surface area contributed by atoms with E-state index < -0.39 is 0 Å². The Morgan fingerprint density at radius 2 is 1.96 bits per heavy atom. The molecule has 0 atom stereocenters. The first-order valence-corrected chi connectivity index (χ1v) is 7.83. The van der Waals surface area contributed by atoms with Crippen LogP contribution in [-0.4, -0.2) is 12.1 Å². The fourth-order valence-electron chi connectivity index (χ4n) is 3.18. The Hall–Kier alpha value is -3.01. The summed E-state index contributed by atoms with van der Waals surface area (Å²) in [7, 11) is 1.66. The summed E-state index contributed by atoms with van der Waals surface area (Å²) in [5, 5.41) is 1.55. The number of hydrogen-bond donors (Lipinski definition) is 1. The van der Waals surface area contributed by atoms with Crippen LogP contribution in [0.3, 0.4) is 0 Å². The molecule has 4 nitrogen and oxygen atoms in total. The van der Waals surface area contributed by atoms with Crippen LogP contribution in [-0.2, 0) is 6.42 Å². The van der Waals surface area contributed by atoms with Crippen molar-refractivity contribution in [3.05, 3.63) is 75.8 Å². The number of methoxy groups -OCH3 is 1. The van der Waals surface area contributed by atoms with Crippen LogP contribution in [0.5, 0.6) is 5.75 Å². The van der Waals surface area contributed by atoms with Gasteiger partial charge in [-0.1, -0.05) is 24.3 Å². The summed E-state index contributed by atoms with van der Waals surface area (Å²) >= 11 is 0. The summed E-state index contributed by atoms with van der Waals surface area (Å²) < 4.78 is 10.7. The average molecular weight is 319 g/mol. The van der Waals surface area contributed by atoms with Gasteiger partial charge in [0, 0.05) is 17.5 Å². The topological polar surface area (TPSA) is 55.2 Å². The van der Waals surface area contributed by atoms with E-state index in [9.17, 15) is 4.79 Å². The molecule has 120 valence electrons. The van der Waals surface area contributed by atoms with Crippen LogP contribution >= 0.6 is 0 Å². The lowest BCUT2D eigenvalue weighted by Crippen LogP contribution is -1.99. The monoisotopic (exact) mass is 319 g/mol. The molecule has 0 amide bonds. The van der Waals surface area contributed by atoms with Crippen LogP contribution in [0, 0.1) is 6.92 Å². The van der Waals surface area contributed by atoms with Gasteiger partial charge in [0.15, 0.2) is 0 Å². The second kappa shape index (κ2) is 5.57. The van der Waals surface area contributed by atoms with E-state index in [1.54, 1.807) is 7.11 Å². The second-order valence-corrected chi connectivity index (χ2v) is 5.89. The van der Waals surface area contributed by atoms with Gasteiger partial charge in [0.1, 0.15) is 11.3 Å². The molecule has 0 saturated heterocycles. The van der Waals surface area contributed by atoms with Crippen molar-refractivity contribution in [3.8, 4) is 5.75 Å². The normalized spacial score (nSPS) is 11.2. The highest BCUT2D eigenvalue weighted by atomic mass is 16.5. The number of ether oxygens (including phenoxy) is 1. The van der Waals surface area contributed by atoms with Gasteiger partial charge in [-0.3, -0.25) is 0 Å². The van der Waals surface area contributed by atoms with Crippen LogP contribution in [0.15, 0.2) is 57.7 Å². The van der Waals surface area contributed by atoms with Crippen LogP contribution in [0.25, 0.3) is 21.9 Å². The summed E-state index contributed by atoms with van der Waals surface area (Å²) in [6.07, 6.45) is 0.700. The molecule has 24 heavy (non-hydrogen) atoms. The van der Waals surface area contributed by atoms with Crippen molar-refractivity contribution >= 4 is 21.9 Å². The van der Waals surface area contributed by atoms with Crippen molar-refractivity contribution in [3.63, 3.8) is 0 Å². The lowest BCUT2D eigenvalue weighted by atomic mass is 10.1. The predicted octanol–water partition coefficient (Wildman–Crippen LogP) is 4.18. The molecule has 0 saturated carbocycles. The third-order valence-electron chi connectivity index (χ3n) is 4.43. The minimum atomic E-state index is -0.297. The Morgan fingerprint density at radius 1 is 1.12 bits per heavy atom. The third kappa shape index (κ3) is 2.27. The quantitative estimate of drug-likeness (QED) is 0.576. The molecule has 4 rings (SSSR count). The predicted molar refractivity (Wildman–Crippen MR) is 94.9 cm³/mol. The molecule has 0 bridgehead atoms. The van der Waals surface area contributed by atoms with Gasteiger partial charge in [-0.25, -0.2) is 4.79 Å². The molecular weight excluding hydrogens is 302 g/mol. The van der Waals surface area contributed by atoms with Gasteiger partial charge in [0.2, 0.25) is 0 Å². The Morgan fingerprint density at radius 3 is 2.79 bits per heavy atom. The number of nitrogens with one attached hydrogen (secondary N) is 1. The lowest BCUT2D eigenvalue weighted by Gasteiger charge is -2.04. The number of hydrogen-bond acceptors (Lipinski definition) is 3. The van der Waals surface area contributed by atoms with Gasteiger partial charge in [0.25, 0.3) is 0 Å². The smallest absolute Gasteiger partial charge is 0.346 e. The molecule has 0 spiro atoms. The maximum absolute atomic E-state index is 12.4. The zero-order valence-electron chi connectivity index (χ0n) is 13.6. The number of aromatic nitrogens is 1. The first-order chi connectivity index (χ1) is 11.7. The molecule has 0 fully saturated rings. The molecule has 0 aliphatic heterocycles. The molecule has 0 aliphatic rings. The van der Waals surface area contributed by atoms with Gasteiger partial charge in [-0.2, -0.15) is 0 Å². The van der Waals surface area contributed by atoms with E-state index in [0.29, 0.717) is 17.4 Å². The molecule has 0 unspecified atom stereocenters. The Labute approximate surface area is 138 Å². The number of para-hydroxylation sites is 1. The molecule has 0 aliphatic carbocycles. The van der Waals surface area contributed by atoms with E-state index >= 15 is 0 Å². The van der Waals surface area contributed by atoms with Crippen LogP contribution < -0.4 is 10.4 Å². The Kier molecular flexibility index (Phi) is 3.38. The first kappa shape index (κ1) is 14.6. The second-order valence-electron chi connectivity index (χ2n) is 5.89. The van der Waals surface area contributed by atoms with Crippen molar-refractivity contribution in [2.24, 2.45) is 0 Å².